The maximum absolute atomic E-state index is 13.9. The molecule has 1 fully saturated rings. The van der Waals surface area contributed by atoms with Gasteiger partial charge in [0.15, 0.2) is 5.78 Å². The molecule has 9 heteroatoms. The quantitative estimate of drug-likeness (QED) is 0.419. The van der Waals surface area contributed by atoms with Gasteiger partial charge in [0.1, 0.15) is 6.04 Å². The van der Waals surface area contributed by atoms with E-state index in [-0.39, 0.29) is 49.4 Å². The van der Waals surface area contributed by atoms with Crippen molar-refractivity contribution in [2.75, 3.05) is 6.54 Å². The monoisotopic (exact) mass is 565 g/mol. The molecule has 1 N–H and O–H groups in total. The fourth-order valence-electron chi connectivity index (χ4n) is 5.71. The molecule has 3 atom stereocenters. The Morgan fingerprint density at radius 1 is 1.18 bits per heavy atom. The zero-order valence-corrected chi connectivity index (χ0v) is 23.8. The van der Waals surface area contributed by atoms with Gasteiger partial charge in [-0.15, -0.1) is 11.3 Å². The molecule has 0 aliphatic carbocycles. The highest BCUT2D eigenvalue weighted by Gasteiger charge is 2.45. The molecular formula is C30H32ClN3O4S. The number of amides is 2. The number of carbonyl (C=O) groups excluding carboxylic acids is 3. The first kappa shape index (κ1) is 27.5. The van der Waals surface area contributed by atoms with E-state index in [1.807, 2.05) is 56.6 Å². The number of ketones is 1. The molecule has 1 saturated heterocycles. The third kappa shape index (κ3) is 5.38. The Hall–Kier alpha value is -3.07. The van der Waals surface area contributed by atoms with Crippen molar-refractivity contribution in [3.05, 3.63) is 75.4 Å². The van der Waals surface area contributed by atoms with E-state index < -0.39 is 18.2 Å². The predicted octanol–water partition coefficient (Wildman–Crippen LogP) is 4.92. The summed E-state index contributed by atoms with van der Waals surface area (Å²) < 4.78 is 0. The maximum Gasteiger partial charge on any atom is 0.256 e. The molecule has 7 nitrogen and oxygen atoms in total. The Morgan fingerprint density at radius 2 is 1.92 bits per heavy atom. The minimum atomic E-state index is -0.779. The lowest BCUT2D eigenvalue weighted by atomic mass is 9.98. The Bertz CT molecular complexity index is 1400. The molecule has 0 spiro atoms. The van der Waals surface area contributed by atoms with Crippen LogP contribution in [0.4, 0.5) is 0 Å². The number of aromatic nitrogens is 1. The number of aryl methyl sites for hydroxylation is 2. The van der Waals surface area contributed by atoms with Gasteiger partial charge in [0.25, 0.3) is 5.91 Å². The zero-order valence-electron chi connectivity index (χ0n) is 22.3. The van der Waals surface area contributed by atoms with Crippen LogP contribution >= 0.6 is 22.9 Å². The molecule has 2 aliphatic rings. The molecule has 3 heterocycles. The highest BCUT2D eigenvalue weighted by Crippen LogP contribution is 2.34. The Kier molecular flexibility index (Phi) is 7.89. The first-order valence-corrected chi connectivity index (χ1v) is 14.5. The molecule has 2 amide bonds. The van der Waals surface area contributed by atoms with Gasteiger partial charge in [-0.3, -0.25) is 14.4 Å². The van der Waals surface area contributed by atoms with E-state index in [1.54, 1.807) is 28.4 Å². The zero-order chi connectivity index (χ0) is 27.8. The Balaban J connectivity index is 1.28. The number of Topliss-reactive ketones (excluding diaryl/α,β-unsaturated/α-hetero) is 1. The van der Waals surface area contributed by atoms with Crippen molar-refractivity contribution >= 4 is 40.5 Å². The van der Waals surface area contributed by atoms with E-state index in [0.29, 0.717) is 17.0 Å². The normalized spacial score (nSPS) is 19.6. The highest BCUT2D eigenvalue weighted by molar-refractivity contribution is 7.13. The van der Waals surface area contributed by atoms with Gasteiger partial charge in [0.05, 0.1) is 38.8 Å². The summed E-state index contributed by atoms with van der Waals surface area (Å²) >= 11 is 7.91. The first-order chi connectivity index (χ1) is 18.7. The lowest BCUT2D eigenvalue weighted by Crippen LogP contribution is -2.54. The fraction of sp³-hybridized carbons (Fsp3) is 0.400. The van der Waals surface area contributed by atoms with Gasteiger partial charge < -0.3 is 14.9 Å². The summed E-state index contributed by atoms with van der Waals surface area (Å²) in [5.74, 6) is -0.851. The number of aliphatic hydroxyl groups is 1. The maximum atomic E-state index is 13.9. The van der Waals surface area contributed by atoms with Gasteiger partial charge in [-0.25, -0.2) is 4.98 Å². The number of rotatable bonds is 8. The molecule has 0 bridgehead atoms. The van der Waals surface area contributed by atoms with Crippen molar-refractivity contribution in [2.45, 2.75) is 64.8 Å². The third-order valence-corrected chi connectivity index (χ3v) is 8.98. The van der Waals surface area contributed by atoms with Gasteiger partial charge in [0.2, 0.25) is 5.91 Å². The first-order valence-electron chi connectivity index (χ1n) is 13.2. The van der Waals surface area contributed by atoms with E-state index in [9.17, 15) is 19.5 Å². The Labute approximate surface area is 237 Å². The summed E-state index contributed by atoms with van der Waals surface area (Å²) in [6.07, 6.45) is 0.231. The number of hydrogen-bond donors (Lipinski definition) is 1. The number of halogens is 1. The molecule has 0 radical (unpaired) electrons. The molecule has 0 saturated carbocycles. The van der Waals surface area contributed by atoms with Crippen LogP contribution in [0.3, 0.4) is 0 Å². The lowest BCUT2D eigenvalue weighted by Gasteiger charge is -2.35. The van der Waals surface area contributed by atoms with Crippen LogP contribution in [0.2, 0.25) is 5.02 Å². The number of fused-ring (bicyclic) bond motifs is 1. The number of benzene rings is 2. The standard InChI is InChI=1S/C30H32ClN3O4S/c1-17(2)27(34-14-21-5-4-6-23(31)26(21)29(34)37)30(38)33-15-22(35)13-24(33)25(36)12-9-19-7-10-20(11-8-19)28-18(3)32-16-39-28/h4-8,10-11,16-17,22,24,27,35H,9,12-15H2,1-3H3/t22-,24+,27?/m1/s1. The number of likely N-dealkylation sites (tertiary alicyclic amines) is 1. The summed E-state index contributed by atoms with van der Waals surface area (Å²) in [6, 6.07) is 12.0. The summed E-state index contributed by atoms with van der Waals surface area (Å²) in [5.41, 5.74) is 6.18. The summed E-state index contributed by atoms with van der Waals surface area (Å²) in [4.78, 5) is 49.0. The molecule has 3 aromatic rings. The van der Waals surface area contributed by atoms with Crippen LogP contribution in [0.1, 0.15) is 53.9 Å². The smallest absolute Gasteiger partial charge is 0.256 e. The lowest BCUT2D eigenvalue weighted by molar-refractivity contribution is -0.142. The number of hydrogen-bond acceptors (Lipinski definition) is 6. The number of nitrogens with zero attached hydrogens (tertiary/aromatic N) is 3. The van der Waals surface area contributed by atoms with Crippen LogP contribution in [0.15, 0.2) is 48.0 Å². The van der Waals surface area contributed by atoms with Gasteiger partial charge in [-0.2, -0.15) is 0 Å². The van der Waals surface area contributed by atoms with E-state index in [1.165, 1.54) is 4.90 Å². The summed E-state index contributed by atoms with van der Waals surface area (Å²) in [7, 11) is 0. The van der Waals surface area contributed by atoms with Crippen molar-refractivity contribution in [1.82, 2.24) is 14.8 Å². The molecule has 2 aromatic carbocycles. The second-order valence-electron chi connectivity index (χ2n) is 10.7. The Morgan fingerprint density at radius 3 is 2.56 bits per heavy atom. The minimum absolute atomic E-state index is 0.0798. The van der Waals surface area contributed by atoms with Crippen molar-refractivity contribution in [3.63, 3.8) is 0 Å². The second-order valence-corrected chi connectivity index (χ2v) is 12.0. The average molecular weight is 566 g/mol. The van der Waals surface area contributed by atoms with E-state index >= 15 is 0 Å². The van der Waals surface area contributed by atoms with Crippen molar-refractivity contribution in [3.8, 4) is 10.4 Å². The molecular weight excluding hydrogens is 534 g/mol. The third-order valence-electron chi connectivity index (χ3n) is 7.69. The van der Waals surface area contributed by atoms with E-state index in [2.05, 4.69) is 4.98 Å². The van der Waals surface area contributed by atoms with Crippen LogP contribution in [0, 0.1) is 12.8 Å². The highest BCUT2D eigenvalue weighted by atomic mass is 35.5. The predicted molar refractivity (Wildman–Crippen MR) is 152 cm³/mol. The van der Waals surface area contributed by atoms with Crippen molar-refractivity contribution in [1.29, 1.82) is 0 Å². The SMILES string of the molecule is Cc1ncsc1-c1ccc(CCC(=O)[C@@H]2C[C@@H](O)CN2C(=O)C(C(C)C)N2Cc3cccc(Cl)c3C2=O)cc1. The topological polar surface area (TPSA) is 90.8 Å². The van der Waals surface area contributed by atoms with Crippen molar-refractivity contribution in [2.24, 2.45) is 5.92 Å². The average Bonchev–Trinajstić information content (AvgIpc) is 3.60. The fourth-order valence-corrected chi connectivity index (χ4v) is 6.80. The molecule has 2 aliphatic heterocycles. The minimum Gasteiger partial charge on any atom is -0.391 e. The number of thiazole rings is 1. The molecule has 39 heavy (non-hydrogen) atoms. The summed E-state index contributed by atoms with van der Waals surface area (Å²) in [5, 5.41) is 10.8. The van der Waals surface area contributed by atoms with Gasteiger partial charge >= 0.3 is 0 Å². The van der Waals surface area contributed by atoms with Gasteiger partial charge in [0, 0.05) is 25.9 Å². The van der Waals surface area contributed by atoms with Crippen molar-refractivity contribution < 1.29 is 19.5 Å². The second kappa shape index (κ2) is 11.2. The van der Waals surface area contributed by atoms with Crippen LogP contribution < -0.4 is 0 Å². The van der Waals surface area contributed by atoms with Crippen LogP contribution in [-0.2, 0) is 22.6 Å². The molecule has 1 unspecified atom stereocenters. The van der Waals surface area contributed by atoms with Gasteiger partial charge in [-0.1, -0.05) is 61.8 Å². The summed E-state index contributed by atoms with van der Waals surface area (Å²) in [6.45, 7) is 6.13. The number of carbonyl (C=O) groups is 3. The molecule has 204 valence electrons. The van der Waals surface area contributed by atoms with Crippen LogP contribution in [-0.4, -0.2) is 62.2 Å². The number of aliphatic hydroxyl groups excluding tert-OH is 1. The van der Waals surface area contributed by atoms with E-state index in [0.717, 1.165) is 27.3 Å². The van der Waals surface area contributed by atoms with E-state index in [4.69, 9.17) is 11.6 Å². The molecule has 1 aromatic heterocycles. The molecule has 5 rings (SSSR count). The largest absolute Gasteiger partial charge is 0.391 e. The van der Waals surface area contributed by atoms with Crippen LogP contribution in [0.5, 0.6) is 0 Å². The van der Waals surface area contributed by atoms with Crippen LogP contribution in [0.25, 0.3) is 10.4 Å². The number of β-amino-alcohol motifs (C(OH)–C–C–N with tert-alkyl or cyclic N) is 1. The van der Waals surface area contributed by atoms with Gasteiger partial charge in [-0.05, 0) is 42.0 Å².